The number of primary amides is 1. The van der Waals surface area contributed by atoms with Crippen LogP contribution < -0.4 is 16.0 Å². The van der Waals surface area contributed by atoms with Crippen LogP contribution in [0, 0.1) is 12.8 Å². The van der Waals surface area contributed by atoms with E-state index in [2.05, 4.69) is 5.32 Å². The highest BCUT2D eigenvalue weighted by molar-refractivity contribution is 6.40. The van der Waals surface area contributed by atoms with E-state index in [1.165, 1.54) is 0 Å². The molecule has 1 aliphatic rings. The third kappa shape index (κ3) is 4.12. The topological polar surface area (TPSA) is 76.6 Å². The molecule has 4 N–H and O–H groups in total. The van der Waals surface area contributed by atoms with E-state index in [9.17, 15) is 9.59 Å². The molecule has 120 valence electrons. The molecule has 7 heteroatoms. The van der Waals surface area contributed by atoms with Gasteiger partial charge in [0.25, 0.3) is 5.91 Å². The summed E-state index contributed by atoms with van der Waals surface area (Å²) in [6.45, 7) is 3.57. The molecule has 1 fully saturated rings. The minimum absolute atomic E-state index is 0.150. The zero-order valence-corrected chi connectivity index (χ0v) is 13.9. The Labute approximate surface area is 139 Å². The predicted molar refractivity (Wildman–Crippen MR) is 87.3 cm³/mol. The van der Waals surface area contributed by atoms with Crippen LogP contribution in [0.3, 0.4) is 0 Å². The molecule has 0 spiro atoms. The van der Waals surface area contributed by atoms with Gasteiger partial charge in [0.15, 0.2) is 6.54 Å². The van der Waals surface area contributed by atoms with Crippen molar-refractivity contribution in [2.24, 2.45) is 11.7 Å². The van der Waals surface area contributed by atoms with Crippen molar-refractivity contribution < 1.29 is 14.5 Å². The third-order valence-corrected chi connectivity index (χ3v) is 4.78. The fraction of sp³-hybridized carbons (Fsp3) is 0.467. The van der Waals surface area contributed by atoms with Gasteiger partial charge in [-0.05, 0) is 31.4 Å². The average molecular weight is 345 g/mol. The molecule has 0 aromatic heterocycles. The second-order valence-corrected chi connectivity index (χ2v) is 6.51. The van der Waals surface area contributed by atoms with Gasteiger partial charge in [0.05, 0.1) is 34.7 Å². The lowest BCUT2D eigenvalue weighted by atomic mass is 9.97. The smallest absolute Gasteiger partial charge is 0.279 e. The summed E-state index contributed by atoms with van der Waals surface area (Å²) in [4.78, 5) is 24.5. The SMILES string of the molecule is Cc1ccc(Cl)c(NC(=O)C[NH+]2CCC[C@@H](C(N)=O)C2)c1Cl. The standard InChI is InChI=1S/C15H19Cl2N3O2/c1-9-4-5-11(16)14(13(9)17)19-12(21)8-20-6-2-3-10(7-20)15(18)22/h4-5,10H,2-3,6-8H2,1H3,(H2,18,22)(H,19,21)/p+1/t10-/m1/s1. The van der Waals surface area contributed by atoms with Crippen LogP contribution in [0.4, 0.5) is 5.69 Å². The number of rotatable bonds is 4. The van der Waals surface area contributed by atoms with E-state index in [0.29, 0.717) is 22.3 Å². The molecule has 0 bridgehead atoms. The molecule has 0 radical (unpaired) electrons. The summed E-state index contributed by atoms with van der Waals surface area (Å²) < 4.78 is 0. The maximum absolute atomic E-state index is 12.2. The Kier molecular flexibility index (Phi) is 5.67. The zero-order chi connectivity index (χ0) is 16.3. The van der Waals surface area contributed by atoms with Gasteiger partial charge in [-0.2, -0.15) is 0 Å². The van der Waals surface area contributed by atoms with Crippen molar-refractivity contribution in [1.29, 1.82) is 0 Å². The molecule has 1 aromatic carbocycles. The molecule has 1 saturated heterocycles. The first-order valence-corrected chi connectivity index (χ1v) is 8.01. The third-order valence-electron chi connectivity index (χ3n) is 3.98. The maximum Gasteiger partial charge on any atom is 0.279 e. The van der Waals surface area contributed by atoms with Crippen molar-refractivity contribution in [2.45, 2.75) is 19.8 Å². The summed E-state index contributed by atoms with van der Waals surface area (Å²) in [5.74, 6) is -0.611. The predicted octanol–water partition coefficient (Wildman–Crippen LogP) is 1.02. The average Bonchev–Trinajstić information content (AvgIpc) is 2.48. The quantitative estimate of drug-likeness (QED) is 0.762. The number of anilines is 1. The number of piperidine rings is 1. The lowest BCUT2D eigenvalue weighted by Crippen LogP contribution is -3.14. The molecule has 1 aliphatic heterocycles. The molecule has 2 amide bonds. The largest absolute Gasteiger partial charge is 0.369 e. The molecule has 1 unspecified atom stereocenters. The zero-order valence-electron chi connectivity index (χ0n) is 12.4. The minimum atomic E-state index is -0.289. The van der Waals surface area contributed by atoms with Crippen LogP contribution in [0.1, 0.15) is 18.4 Å². The van der Waals surface area contributed by atoms with Crippen molar-refractivity contribution >= 4 is 40.7 Å². The van der Waals surface area contributed by atoms with Gasteiger partial charge < -0.3 is 16.0 Å². The minimum Gasteiger partial charge on any atom is -0.369 e. The summed E-state index contributed by atoms with van der Waals surface area (Å²) in [5, 5.41) is 3.63. The van der Waals surface area contributed by atoms with E-state index < -0.39 is 0 Å². The first-order valence-electron chi connectivity index (χ1n) is 7.25. The number of quaternary nitrogens is 1. The molecule has 2 rings (SSSR count). The summed E-state index contributed by atoms with van der Waals surface area (Å²) in [5.41, 5.74) is 6.64. The second-order valence-electron chi connectivity index (χ2n) is 5.72. The lowest BCUT2D eigenvalue weighted by Gasteiger charge is -2.27. The number of likely N-dealkylation sites (tertiary alicyclic amines) is 1. The van der Waals surface area contributed by atoms with Crippen LogP contribution in [0.15, 0.2) is 12.1 Å². The summed E-state index contributed by atoms with van der Waals surface area (Å²) in [7, 11) is 0. The van der Waals surface area contributed by atoms with Crippen molar-refractivity contribution in [3.8, 4) is 0 Å². The highest BCUT2D eigenvalue weighted by atomic mass is 35.5. The van der Waals surface area contributed by atoms with Crippen LogP contribution in [0.25, 0.3) is 0 Å². The number of carbonyl (C=O) groups excluding carboxylic acids is 2. The molecule has 22 heavy (non-hydrogen) atoms. The molecular formula is C15H20Cl2N3O2+. The second kappa shape index (κ2) is 7.31. The van der Waals surface area contributed by atoms with Crippen LogP contribution in [0.2, 0.25) is 10.0 Å². The molecule has 1 aromatic rings. The Morgan fingerprint density at radius 3 is 2.82 bits per heavy atom. The highest BCUT2D eigenvalue weighted by Gasteiger charge is 2.28. The number of aryl methyl sites for hydroxylation is 1. The molecule has 1 heterocycles. The van der Waals surface area contributed by atoms with Gasteiger partial charge in [-0.1, -0.05) is 29.3 Å². The van der Waals surface area contributed by atoms with Crippen LogP contribution in [-0.2, 0) is 9.59 Å². The van der Waals surface area contributed by atoms with Gasteiger partial charge in [-0.25, -0.2) is 0 Å². The Morgan fingerprint density at radius 1 is 1.41 bits per heavy atom. The van der Waals surface area contributed by atoms with Gasteiger partial charge >= 0.3 is 0 Å². The molecular weight excluding hydrogens is 325 g/mol. The van der Waals surface area contributed by atoms with E-state index in [4.69, 9.17) is 28.9 Å². The van der Waals surface area contributed by atoms with E-state index in [1.807, 2.05) is 6.92 Å². The number of nitrogens with one attached hydrogen (secondary N) is 2. The van der Waals surface area contributed by atoms with E-state index in [1.54, 1.807) is 12.1 Å². The van der Waals surface area contributed by atoms with Gasteiger partial charge in [-0.15, -0.1) is 0 Å². The molecule has 2 atom stereocenters. The van der Waals surface area contributed by atoms with Crippen LogP contribution in [0.5, 0.6) is 0 Å². The number of halogens is 2. The fourth-order valence-corrected chi connectivity index (χ4v) is 3.20. The fourth-order valence-electron chi connectivity index (χ4n) is 2.74. The highest BCUT2D eigenvalue weighted by Crippen LogP contribution is 2.32. The number of benzene rings is 1. The number of amides is 2. The van der Waals surface area contributed by atoms with Gasteiger partial charge in [0, 0.05) is 0 Å². The number of carbonyl (C=O) groups is 2. The van der Waals surface area contributed by atoms with E-state index in [-0.39, 0.29) is 24.3 Å². The maximum atomic E-state index is 12.2. The lowest BCUT2D eigenvalue weighted by molar-refractivity contribution is -0.899. The van der Waals surface area contributed by atoms with Gasteiger partial charge in [-0.3, -0.25) is 9.59 Å². The number of hydrogen-bond acceptors (Lipinski definition) is 2. The van der Waals surface area contributed by atoms with E-state index >= 15 is 0 Å². The van der Waals surface area contributed by atoms with Gasteiger partial charge in [0.1, 0.15) is 0 Å². The Balaban J connectivity index is 1.99. The van der Waals surface area contributed by atoms with Crippen LogP contribution in [-0.4, -0.2) is 31.4 Å². The van der Waals surface area contributed by atoms with Crippen molar-refractivity contribution in [2.75, 3.05) is 25.0 Å². The Hall–Kier alpha value is -1.30. The summed E-state index contributed by atoms with van der Waals surface area (Å²) in [6, 6.07) is 3.50. The molecule has 5 nitrogen and oxygen atoms in total. The first-order chi connectivity index (χ1) is 10.4. The number of hydrogen-bond donors (Lipinski definition) is 3. The summed E-state index contributed by atoms with van der Waals surface area (Å²) in [6.07, 6.45) is 1.69. The number of nitrogens with two attached hydrogens (primary N) is 1. The summed E-state index contributed by atoms with van der Waals surface area (Å²) >= 11 is 12.3. The molecule has 0 saturated carbocycles. The van der Waals surface area contributed by atoms with Crippen LogP contribution >= 0.6 is 23.2 Å². The van der Waals surface area contributed by atoms with E-state index in [0.717, 1.165) is 29.8 Å². The first kappa shape index (κ1) is 17.1. The van der Waals surface area contributed by atoms with Crippen molar-refractivity contribution in [1.82, 2.24) is 0 Å². The van der Waals surface area contributed by atoms with Gasteiger partial charge in [0.2, 0.25) is 5.91 Å². The van der Waals surface area contributed by atoms with Crippen molar-refractivity contribution in [3.05, 3.63) is 27.7 Å². The van der Waals surface area contributed by atoms with Crippen molar-refractivity contribution in [3.63, 3.8) is 0 Å². The normalized spacial score (nSPS) is 21.4. The Bertz CT molecular complexity index is 592. The molecule has 0 aliphatic carbocycles. The monoisotopic (exact) mass is 344 g/mol. The Morgan fingerprint density at radius 2 is 2.14 bits per heavy atom.